The molecule has 11 atom stereocenters. The normalized spacial score (nSPS) is 60.1. The van der Waals surface area contributed by atoms with E-state index < -0.39 is 87.9 Å². The molecule has 2 saturated carbocycles. The Bertz CT molecular complexity index is 925. The molecule has 10 heteroatoms. The number of esters is 3. The molecule has 10 nitrogen and oxygen atoms in total. The summed E-state index contributed by atoms with van der Waals surface area (Å²) in [5.74, 6) is -4.43. The highest BCUT2D eigenvalue weighted by Gasteiger charge is 3.02. The van der Waals surface area contributed by atoms with Crippen molar-refractivity contribution in [2.24, 2.45) is 28.1 Å². The Labute approximate surface area is 171 Å². The summed E-state index contributed by atoms with van der Waals surface area (Å²) in [7, 11) is 0. The number of aliphatic hydroxyl groups excluding tert-OH is 2. The third-order valence-corrected chi connectivity index (χ3v) is 8.91. The lowest BCUT2D eigenvalue weighted by atomic mass is 9.51. The lowest BCUT2D eigenvalue weighted by molar-refractivity contribution is -0.239. The summed E-state index contributed by atoms with van der Waals surface area (Å²) in [6.07, 6.45) is -6.73. The average molecular weight is 424 g/mol. The molecule has 0 aromatic heterocycles. The maximum atomic E-state index is 13.4. The van der Waals surface area contributed by atoms with E-state index in [-0.39, 0.29) is 6.42 Å². The first kappa shape index (κ1) is 19.0. The maximum absolute atomic E-state index is 13.4. The summed E-state index contributed by atoms with van der Waals surface area (Å²) >= 11 is 0. The van der Waals surface area contributed by atoms with Crippen molar-refractivity contribution in [2.75, 3.05) is 0 Å². The van der Waals surface area contributed by atoms with Gasteiger partial charge in [0.05, 0.1) is 22.9 Å². The van der Waals surface area contributed by atoms with Crippen molar-refractivity contribution in [3.8, 4) is 0 Å². The summed E-state index contributed by atoms with van der Waals surface area (Å²) < 4.78 is 22.6. The number of hydrogen-bond donors (Lipinski definition) is 3. The van der Waals surface area contributed by atoms with E-state index in [1.807, 2.05) is 20.8 Å². The molecule has 30 heavy (non-hydrogen) atoms. The quantitative estimate of drug-likeness (QED) is 0.314. The lowest BCUT2D eigenvalue weighted by Crippen LogP contribution is -2.66. The Morgan fingerprint density at radius 3 is 2.33 bits per heavy atom. The molecule has 6 rings (SSSR count). The van der Waals surface area contributed by atoms with Gasteiger partial charge in [-0.3, -0.25) is 4.79 Å². The molecule has 4 saturated heterocycles. The Morgan fingerprint density at radius 1 is 1.03 bits per heavy atom. The van der Waals surface area contributed by atoms with Crippen molar-refractivity contribution in [2.45, 2.75) is 76.0 Å². The van der Waals surface area contributed by atoms with Crippen LogP contribution in [0, 0.1) is 28.1 Å². The first-order chi connectivity index (χ1) is 13.8. The van der Waals surface area contributed by atoms with E-state index in [0.29, 0.717) is 0 Å². The fourth-order valence-corrected chi connectivity index (χ4v) is 8.22. The van der Waals surface area contributed by atoms with Crippen LogP contribution in [0.4, 0.5) is 0 Å². The molecule has 0 aromatic rings. The van der Waals surface area contributed by atoms with E-state index in [2.05, 4.69) is 0 Å². The van der Waals surface area contributed by atoms with Gasteiger partial charge < -0.3 is 34.3 Å². The number of fused-ring (bicyclic) bond motifs is 1. The molecule has 0 unspecified atom stereocenters. The molecule has 4 heterocycles. The summed E-state index contributed by atoms with van der Waals surface area (Å²) in [6.45, 7) is 6.97. The molecule has 6 aliphatic rings. The van der Waals surface area contributed by atoms with Crippen molar-refractivity contribution >= 4 is 17.9 Å². The molecule has 4 aliphatic heterocycles. The zero-order valence-electron chi connectivity index (χ0n) is 16.9. The standard InChI is InChI=1S/C20H24O10/c1-6-12(23)27-7-5-17-11-8(21)9(16(2,3)4)18(17)10(22)13(24)29-15(18)30-20(17,14(25)28-11)19(6,7)26/h6-11,15,21-22,26H,5H2,1-4H3/t6-,7+,8-,9+,10+,11-,15+,17-,18-,19-,20-/m1/s1. The number of carbonyl (C=O) groups excluding carboxylic acids is 3. The first-order valence-electron chi connectivity index (χ1n) is 10.2. The molecule has 0 aromatic carbocycles. The molecule has 164 valence electrons. The van der Waals surface area contributed by atoms with Gasteiger partial charge in [0.25, 0.3) is 0 Å². The predicted molar refractivity (Wildman–Crippen MR) is 92.0 cm³/mol. The van der Waals surface area contributed by atoms with Crippen LogP contribution in [0.1, 0.15) is 34.1 Å². The number of rotatable bonds is 0. The zero-order chi connectivity index (χ0) is 21.8. The summed E-state index contributed by atoms with van der Waals surface area (Å²) in [4.78, 5) is 38.2. The van der Waals surface area contributed by atoms with Crippen LogP contribution in [0.25, 0.3) is 0 Å². The van der Waals surface area contributed by atoms with Gasteiger partial charge in [0.1, 0.15) is 12.2 Å². The Kier molecular flexibility index (Phi) is 2.97. The van der Waals surface area contributed by atoms with Crippen LogP contribution in [-0.2, 0) is 33.3 Å². The molecule has 3 N–H and O–H groups in total. The SMILES string of the molecule is C[C@@H]1C(=O)O[C@H]2C[C@]34[C@@H]5OC(=O)[C@]3(O[C@@H]3OC(=O)[C@H](O)[C@]34[C@H](C(C)(C)C)[C@H]5O)[C@]21O. The molecule has 0 amide bonds. The monoisotopic (exact) mass is 424 g/mol. The van der Waals surface area contributed by atoms with Crippen LogP contribution in [0.2, 0.25) is 0 Å². The second-order valence-corrected chi connectivity index (χ2v) is 10.7. The number of aliphatic hydroxyl groups is 3. The Morgan fingerprint density at radius 2 is 1.70 bits per heavy atom. The van der Waals surface area contributed by atoms with Gasteiger partial charge in [-0.1, -0.05) is 20.8 Å². The molecule has 6 fully saturated rings. The van der Waals surface area contributed by atoms with Gasteiger partial charge in [-0.25, -0.2) is 9.59 Å². The van der Waals surface area contributed by atoms with E-state index >= 15 is 0 Å². The van der Waals surface area contributed by atoms with Gasteiger partial charge in [-0.05, 0) is 12.3 Å². The van der Waals surface area contributed by atoms with Crippen molar-refractivity contribution in [3.05, 3.63) is 0 Å². The number of hydrogen-bond acceptors (Lipinski definition) is 10. The third-order valence-electron chi connectivity index (χ3n) is 8.91. The topological polar surface area (TPSA) is 149 Å². The van der Waals surface area contributed by atoms with Crippen molar-refractivity contribution in [1.82, 2.24) is 0 Å². The number of carbonyl (C=O) groups is 3. The van der Waals surface area contributed by atoms with E-state index in [4.69, 9.17) is 18.9 Å². The van der Waals surface area contributed by atoms with E-state index in [1.54, 1.807) is 0 Å². The second kappa shape index (κ2) is 4.69. The first-order valence-corrected chi connectivity index (χ1v) is 10.2. The minimum atomic E-state index is -2.12. The summed E-state index contributed by atoms with van der Waals surface area (Å²) in [6, 6.07) is 0. The van der Waals surface area contributed by atoms with Gasteiger partial charge in [0.15, 0.2) is 11.7 Å². The van der Waals surface area contributed by atoms with Gasteiger partial charge >= 0.3 is 17.9 Å². The van der Waals surface area contributed by atoms with E-state index in [0.717, 1.165) is 0 Å². The molecular weight excluding hydrogens is 400 g/mol. The van der Waals surface area contributed by atoms with Crippen LogP contribution in [0.5, 0.6) is 0 Å². The van der Waals surface area contributed by atoms with Gasteiger partial charge in [0.2, 0.25) is 11.9 Å². The van der Waals surface area contributed by atoms with Crippen molar-refractivity contribution in [1.29, 1.82) is 0 Å². The van der Waals surface area contributed by atoms with Gasteiger partial charge in [0, 0.05) is 12.3 Å². The van der Waals surface area contributed by atoms with E-state index in [1.165, 1.54) is 6.92 Å². The molecule has 0 radical (unpaired) electrons. The summed E-state index contributed by atoms with van der Waals surface area (Å²) in [5, 5.41) is 34.4. The zero-order valence-corrected chi connectivity index (χ0v) is 16.9. The van der Waals surface area contributed by atoms with Crippen LogP contribution >= 0.6 is 0 Å². The highest BCUT2D eigenvalue weighted by atomic mass is 16.8. The molecule has 0 bridgehead atoms. The number of ether oxygens (including phenoxy) is 4. The highest BCUT2D eigenvalue weighted by Crippen LogP contribution is 2.84. The van der Waals surface area contributed by atoms with E-state index in [9.17, 15) is 29.7 Å². The fourth-order valence-electron chi connectivity index (χ4n) is 8.22. The molecule has 2 aliphatic carbocycles. The Hall–Kier alpha value is -1.75. The molecular formula is C20H24O10. The van der Waals surface area contributed by atoms with Crippen LogP contribution in [-0.4, -0.2) is 75.1 Å². The minimum absolute atomic E-state index is 0.107. The predicted octanol–water partition coefficient (Wildman–Crippen LogP) is -1.37. The molecule has 2 spiro atoms. The average Bonchev–Trinajstić information content (AvgIpc) is 3.32. The maximum Gasteiger partial charge on any atom is 0.342 e. The fraction of sp³-hybridized carbons (Fsp3) is 0.850. The Balaban J connectivity index is 1.71. The smallest absolute Gasteiger partial charge is 0.342 e. The van der Waals surface area contributed by atoms with Crippen molar-refractivity contribution < 1.29 is 48.7 Å². The van der Waals surface area contributed by atoms with Crippen LogP contribution in [0.3, 0.4) is 0 Å². The van der Waals surface area contributed by atoms with Crippen LogP contribution < -0.4 is 0 Å². The van der Waals surface area contributed by atoms with Crippen LogP contribution in [0.15, 0.2) is 0 Å². The van der Waals surface area contributed by atoms with Crippen molar-refractivity contribution in [3.63, 3.8) is 0 Å². The minimum Gasteiger partial charge on any atom is -0.459 e. The van der Waals surface area contributed by atoms with Gasteiger partial charge in [-0.2, -0.15) is 0 Å². The highest BCUT2D eigenvalue weighted by molar-refractivity contribution is 5.93. The summed E-state index contributed by atoms with van der Waals surface area (Å²) in [5.41, 5.74) is -7.95. The lowest BCUT2D eigenvalue weighted by Gasteiger charge is -2.46. The van der Waals surface area contributed by atoms with Gasteiger partial charge in [-0.15, -0.1) is 0 Å². The second-order valence-electron chi connectivity index (χ2n) is 10.7. The third kappa shape index (κ3) is 1.35. The largest absolute Gasteiger partial charge is 0.459 e.